The van der Waals surface area contributed by atoms with Crippen LogP contribution in [0, 0.1) is 11.8 Å². The fourth-order valence-corrected chi connectivity index (χ4v) is 5.21. The zero-order chi connectivity index (χ0) is 23.6. The molecule has 0 saturated carbocycles. The molecule has 0 amide bonds. The standard InChI is InChI=1S/C29H30N2OS2/c1-2-12-31(13-5-9-23-6-3-7-24(15-23)18-30)19-25-8-4-10-28(16-25)32-20-29-17-27(22-34-29)26-11-14-33-21-26/h3-4,6-8,10-11,14-17,21-22H,2,12-13,18-20,30H2,1H3. The van der Waals surface area contributed by atoms with E-state index in [1.165, 1.54) is 21.6 Å². The predicted octanol–water partition coefficient (Wildman–Crippen LogP) is 6.78. The Balaban J connectivity index is 1.34. The van der Waals surface area contributed by atoms with Crippen molar-refractivity contribution in [2.24, 2.45) is 5.73 Å². The van der Waals surface area contributed by atoms with Gasteiger partial charge < -0.3 is 10.5 Å². The summed E-state index contributed by atoms with van der Waals surface area (Å²) in [4.78, 5) is 3.61. The molecular weight excluding hydrogens is 456 g/mol. The minimum Gasteiger partial charge on any atom is -0.488 e. The van der Waals surface area contributed by atoms with Gasteiger partial charge in [0, 0.05) is 23.5 Å². The van der Waals surface area contributed by atoms with Crippen LogP contribution in [0.4, 0.5) is 0 Å². The van der Waals surface area contributed by atoms with Crippen LogP contribution in [0.2, 0.25) is 0 Å². The molecule has 0 unspecified atom stereocenters. The van der Waals surface area contributed by atoms with Crippen LogP contribution in [0.5, 0.6) is 5.75 Å². The summed E-state index contributed by atoms with van der Waals surface area (Å²) in [7, 11) is 0. The van der Waals surface area contributed by atoms with Crippen LogP contribution in [0.25, 0.3) is 11.1 Å². The second-order valence-electron chi connectivity index (χ2n) is 8.17. The molecule has 2 heterocycles. The second kappa shape index (κ2) is 12.5. The van der Waals surface area contributed by atoms with Gasteiger partial charge in [-0.2, -0.15) is 11.3 Å². The number of rotatable bonds is 10. The lowest BCUT2D eigenvalue weighted by atomic mass is 10.1. The molecule has 0 bridgehead atoms. The molecule has 0 aliphatic rings. The first-order valence-corrected chi connectivity index (χ1v) is 13.4. The Morgan fingerprint density at radius 1 is 0.971 bits per heavy atom. The van der Waals surface area contributed by atoms with Crippen molar-refractivity contribution in [2.75, 3.05) is 13.1 Å². The third-order valence-electron chi connectivity index (χ3n) is 5.43. The molecule has 2 N–H and O–H groups in total. The van der Waals surface area contributed by atoms with Crippen LogP contribution in [0.15, 0.2) is 76.8 Å². The normalized spacial score (nSPS) is 10.8. The maximum atomic E-state index is 6.12. The smallest absolute Gasteiger partial charge is 0.122 e. The van der Waals surface area contributed by atoms with Gasteiger partial charge in [0.1, 0.15) is 12.4 Å². The molecule has 174 valence electrons. The Bertz CT molecular complexity index is 1230. The summed E-state index contributed by atoms with van der Waals surface area (Å²) < 4.78 is 6.12. The number of ether oxygens (including phenoxy) is 1. The summed E-state index contributed by atoms with van der Waals surface area (Å²) in [6, 6.07) is 20.9. The molecule has 4 aromatic rings. The fourth-order valence-electron chi connectivity index (χ4n) is 3.74. The van der Waals surface area contributed by atoms with E-state index in [2.05, 4.69) is 76.2 Å². The number of benzene rings is 2. The summed E-state index contributed by atoms with van der Waals surface area (Å²) in [5, 5.41) is 6.49. The van der Waals surface area contributed by atoms with E-state index in [0.29, 0.717) is 13.2 Å². The zero-order valence-corrected chi connectivity index (χ0v) is 21.1. The molecule has 4 rings (SSSR count). The van der Waals surface area contributed by atoms with Crippen molar-refractivity contribution in [3.63, 3.8) is 0 Å². The lowest BCUT2D eigenvalue weighted by molar-refractivity contribution is 0.294. The SMILES string of the molecule is CCCN(CC#Cc1cccc(CN)c1)Cc1cccc(OCc2cc(-c3ccsc3)cs2)c1. The maximum absolute atomic E-state index is 6.12. The first-order valence-electron chi connectivity index (χ1n) is 11.6. The lowest BCUT2D eigenvalue weighted by Gasteiger charge is -2.19. The van der Waals surface area contributed by atoms with Crippen LogP contribution in [0.1, 0.15) is 34.9 Å². The lowest BCUT2D eigenvalue weighted by Crippen LogP contribution is -2.24. The van der Waals surface area contributed by atoms with E-state index in [9.17, 15) is 0 Å². The fraction of sp³-hybridized carbons (Fsp3) is 0.241. The average Bonchev–Trinajstić information content (AvgIpc) is 3.56. The molecule has 34 heavy (non-hydrogen) atoms. The highest BCUT2D eigenvalue weighted by Gasteiger charge is 2.07. The van der Waals surface area contributed by atoms with Crippen molar-refractivity contribution < 1.29 is 4.74 Å². The van der Waals surface area contributed by atoms with Gasteiger partial charge in [-0.3, -0.25) is 4.90 Å². The summed E-state index contributed by atoms with van der Waals surface area (Å²) in [5.74, 6) is 7.53. The Hall–Kier alpha value is -2.88. The van der Waals surface area contributed by atoms with Crippen LogP contribution in [-0.4, -0.2) is 18.0 Å². The predicted molar refractivity (Wildman–Crippen MR) is 145 cm³/mol. The summed E-state index contributed by atoms with van der Waals surface area (Å²) in [6.45, 7) is 5.91. The quantitative estimate of drug-likeness (QED) is 0.251. The van der Waals surface area contributed by atoms with Crippen LogP contribution < -0.4 is 10.5 Å². The van der Waals surface area contributed by atoms with Gasteiger partial charge in [-0.25, -0.2) is 0 Å². The molecule has 2 aromatic heterocycles. The van der Waals surface area contributed by atoms with Crippen molar-refractivity contribution in [2.45, 2.75) is 33.0 Å². The van der Waals surface area contributed by atoms with Crippen molar-refractivity contribution >= 4 is 22.7 Å². The molecule has 0 radical (unpaired) electrons. The third kappa shape index (κ3) is 7.06. The monoisotopic (exact) mass is 486 g/mol. The van der Waals surface area contributed by atoms with Crippen molar-refractivity contribution in [1.29, 1.82) is 0 Å². The van der Waals surface area contributed by atoms with Gasteiger partial charge in [0.05, 0.1) is 6.54 Å². The Kier molecular flexibility index (Phi) is 8.95. The largest absolute Gasteiger partial charge is 0.488 e. The minimum atomic E-state index is 0.540. The van der Waals surface area contributed by atoms with E-state index >= 15 is 0 Å². The summed E-state index contributed by atoms with van der Waals surface area (Å²) >= 11 is 3.47. The van der Waals surface area contributed by atoms with E-state index in [-0.39, 0.29) is 0 Å². The highest BCUT2D eigenvalue weighted by atomic mass is 32.1. The molecule has 5 heteroatoms. The average molecular weight is 487 g/mol. The van der Waals surface area contributed by atoms with Crippen LogP contribution >= 0.6 is 22.7 Å². The number of thiophene rings is 2. The first-order chi connectivity index (χ1) is 16.7. The van der Waals surface area contributed by atoms with Gasteiger partial charge >= 0.3 is 0 Å². The van der Waals surface area contributed by atoms with E-state index in [0.717, 1.165) is 42.9 Å². The number of nitrogens with two attached hydrogens (primary N) is 1. The molecule has 0 aliphatic carbocycles. The zero-order valence-electron chi connectivity index (χ0n) is 19.5. The van der Waals surface area contributed by atoms with Gasteiger partial charge in [-0.15, -0.1) is 11.3 Å². The van der Waals surface area contributed by atoms with Gasteiger partial charge in [-0.1, -0.05) is 43.0 Å². The highest BCUT2D eigenvalue weighted by Crippen LogP contribution is 2.28. The Labute approximate surface area is 210 Å². The molecule has 0 atom stereocenters. The third-order valence-corrected chi connectivity index (χ3v) is 7.03. The Morgan fingerprint density at radius 2 is 1.85 bits per heavy atom. The molecule has 3 nitrogen and oxygen atoms in total. The number of hydrogen-bond acceptors (Lipinski definition) is 5. The second-order valence-corrected chi connectivity index (χ2v) is 9.94. The summed E-state index contributed by atoms with van der Waals surface area (Å²) in [6.07, 6.45) is 1.09. The molecule has 0 spiro atoms. The molecule has 0 fully saturated rings. The topological polar surface area (TPSA) is 38.5 Å². The van der Waals surface area contributed by atoms with Gasteiger partial charge in [0.25, 0.3) is 0 Å². The van der Waals surface area contributed by atoms with Crippen molar-refractivity contribution in [3.8, 4) is 28.7 Å². The molecule has 2 aromatic carbocycles. The summed E-state index contributed by atoms with van der Waals surface area (Å²) in [5.41, 5.74) is 11.7. The van der Waals surface area contributed by atoms with Gasteiger partial charge in [0.2, 0.25) is 0 Å². The van der Waals surface area contributed by atoms with Crippen molar-refractivity contribution in [1.82, 2.24) is 4.90 Å². The van der Waals surface area contributed by atoms with Crippen LogP contribution in [0.3, 0.4) is 0 Å². The molecular formula is C29H30N2OS2. The van der Waals surface area contributed by atoms with E-state index in [1.807, 2.05) is 24.3 Å². The van der Waals surface area contributed by atoms with Crippen LogP contribution in [-0.2, 0) is 19.7 Å². The van der Waals surface area contributed by atoms with Gasteiger partial charge in [-0.05, 0) is 87.8 Å². The van der Waals surface area contributed by atoms with E-state index < -0.39 is 0 Å². The van der Waals surface area contributed by atoms with E-state index in [4.69, 9.17) is 10.5 Å². The molecule has 0 saturated heterocycles. The molecule has 0 aliphatic heterocycles. The number of nitrogens with zero attached hydrogens (tertiary/aromatic N) is 1. The van der Waals surface area contributed by atoms with Gasteiger partial charge in [0.15, 0.2) is 0 Å². The maximum Gasteiger partial charge on any atom is 0.122 e. The number of hydrogen-bond donors (Lipinski definition) is 1. The Morgan fingerprint density at radius 3 is 2.68 bits per heavy atom. The first kappa shape index (κ1) is 24.3. The minimum absolute atomic E-state index is 0.540. The van der Waals surface area contributed by atoms with Crippen molar-refractivity contribution in [3.05, 3.63) is 98.4 Å². The highest BCUT2D eigenvalue weighted by molar-refractivity contribution is 7.10. The van der Waals surface area contributed by atoms with E-state index in [1.54, 1.807) is 22.7 Å².